The van der Waals surface area contributed by atoms with E-state index in [-0.39, 0.29) is 0 Å². The Morgan fingerprint density at radius 1 is 1.20 bits per heavy atom. The first-order chi connectivity index (χ1) is 9.86. The van der Waals surface area contributed by atoms with E-state index in [1.54, 1.807) is 6.20 Å². The van der Waals surface area contributed by atoms with Gasteiger partial charge in [0, 0.05) is 18.1 Å². The van der Waals surface area contributed by atoms with Gasteiger partial charge in [0.1, 0.15) is 17.2 Å². The van der Waals surface area contributed by atoms with E-state index < -0.39 is 0 Å². The molecule has 2 heterocycles. The van der Waals surface area contributed by atoms with Gasteiger partial charge in [0.25, 0.3) is 0 Å². The third-order valence-corrected chi connectivity index (χ3v) is 3.15. The molecule has 0 saturated carbocycles. The number of rotatable bonds is 5. The third kappa shape index (κ3) is 2.62. The van der Waals surface area contributed by atoms with Gasteiger partial charge in [-0.2, -0.15) is 0 Å². The molecule has 0 aliphatic heterocycles. The van der Waals surface area contributed by atoms with E-state index in [1.807, 2.05) is 30.5 Å². The molecule has 0 radical (unpaired) electrons. The van der Waals surface area contributed by atoms with E-state index in [0.717, 1.165) is 24.4 Å². The number of nitrogens with one attached hydrogen (secondary N) is 1. The Morgan fingerprint density at radius 2 is 2.10 bits per heavy atom. The van der Waals surface area contributed by atoms with E-state index in [2.05, 4.69) is 21.4 Å². The van der Waals surface area contributed by atoms with E-state index >= 15 is 0 Å². The second kappa shape index (κ2) is 5.71. The highest BCUT2D eigenvalue weighted by atomic mass is 16.3. The highest BCUT2D eigenvalue weighted by molar-refractivity contribution is 5.80. The van der Waals surface area contributed by atoms with Gasteiger partial charge in [-0.1, -0.05) is 18.2 Å². The number of anilines is 1. The van der Waals surface area contributed by atoms with E-state index in [1.165, 1.54) is 10.9 Å². The van der Waals surface area contributed by atoms with Crippen molar-refractivity contribution in [2.24, 2.45) is 5.73 Å². The van der Waals surface area contributed by atoms with Gasteiger partial charge in [-0.25, -0.2) is 9.97 Å². The molecule has 3 rings (SSSR count). The molecule has 0 aliphatic rings. The van der Waals surface area contributed by atoms with Gasteiger partial charge in [-0.15, -0.1) is 0 Å². The van der Waals surface area contributed by atoms with E-state index in [9.17, 15) is 0 Å². The summed E-state index contributed by atoms with van der Waals surface area (Å²) in [5.74, 6) is 1.44. The highest BCUT2D eigenvalue weighted by Crippen LogP contribution is 2.20. The van der Waals surface area contributed by atoms with Crippen LogP contribution in [0.4, 0.5) is 5.82 Å². The molecular formula is C15H16N4O. The first-order valence-electron chi connectivity index (χ1n) is 6.58. The maximum absolute atomic E-state index is 5.52. The van der Waals surface area contributed by atoms with Crippen molar-refractivity contribution in [1.29, 1.82) is 0 Å². The monoisotopic (exact) mass is 268 g/mol. The molecule has 20 heavy (non-hydrogen) atoms. The molecular weight excluding hydrogens is 252 g/mol. The standard InChI is InChI=1S/C15H16N4O/c16-9-15-18-8-6-14(19-15)17-7-5-11-10-20-13-4-2-1-3-12(11)13/h1-4,6,8,10H,5,7,9,16H2,(H,17,18,19). The Kier molecular flexibility index (Phi) is 3.60. The fourth-order valence-corrected chi connectivity index (χ4v) is 2.15. The SMILES string of the molecule is NCc1nccc(NCCc2coc3ccccc23)n1. The Labute approximate surface area is 116 Å². The zero-order valence-corrected chi connectivity index (χ0v) is 11.0. The number of nitrogens with two attached hydrogens (primary N) is 1. The van der Waals surface area contributed by atoms with Crippen molar-refractivity contribution in [2.45, 2.75) is 13.0 Å². The smallest absolute Gasteiger partial charge is 0.144 e. The molecule has 0 saturated heterocycles. The minimum absolute atomic E-state index is 0.349. The van der Waals surface area contributed by atoms with E-state index in [0.29, 0.717) is 12.4 Å². The van der Waals surface area contributed by atoms with Crippen LogP contribution in [0.25, 0.3) is 11.0 Å². The molecule has 0 spiro atoms. The number of aromatic nitrogens is 2. The number of benzene rings is 1. The van der Waals surface area contributed by atoms with Crippen molar-refractivity contribution in [3.8, 4) is 0 Å². The van der Waals surface area contributed by atoms with Crippen LogP contribution in [-0.2, 0) is 13.0 Å². The van der Waals surface area contributed by atoms with E-state index in [4.69, 9.17) is 10.2 Å². The predicted octanol–water partition coefficient (Wildman–Crippen LogP) is 2.34. The van der Waals surface area contributed by atoms with Gasteiger partial charge in [0.05, 0.1) is 12.8 Å². The lowest BCUT2D eigenvalue weighted by Gasteiger charge is -2.05. The minimum Gasteiger partial charge on any atom is -0.464 e. The van der Waals surface area contributed by atoms with Crippen LogP contribution in [0.3, 0.4) is 0 Å². The topological polar surface area (TPSA) is 77.0 Å². The number of hydrogen-bond donors (Lipinski definition) is 2. The summed E-state index contributed by atoms with van der Waals surface area (Å²) < 4.78 is 5.52. The summed E-state index contributed by atoms with van der Waals surface area (Å²) in [5, 5.41) is 4.44. The second-order valence-corrected chi connectivity index (χ2v) is 4.50. The molecule has 0 fully saturated rings. The van der Waals surface area contributed by atoms with Gasteiger partial charge < -0.3 is 15.5 Å². The largest absolute Gasteiger partial charge is 0.464 e. The summed E-state index contributed by atoms with van der Waals surface area (Å²) in [7, 11) is 0. The van der Waals surface area contributed by atoms with Gasteiger partial charge >= 0.3 is 0 Å². The average Bonchev–Trinajstić information content (AvgIpc) is 2.91. The van der Waals surface area contributed by atoms with Crippen molar-refractivity contribution >= 4 is 16.8 Å². The fourth-order valence-electron chi connectivity index (χ4n) is 2.15. The molecule has 0 atom stereocenters. The maximum Gasteiger partial charge on any atom is 0.144 e. The third-order valence-electron chi connectivity index (χ3n) is 3.15. The van der Waals surface area contributed by atoms with Crippen LogP contribution in [0.5, 0.6) is 0 Å². The lowest BCUT2D eigenvalue weighted by Crippen LogP contribution is -2.09. The molecule has 0 amide bonds. The van der Waals surface area contributed by atoms with Crippen LogP contribution < -0.4 is 11.1 Å². The predicted molar refractivity (Wildman–Crippen MR) is 78.3 cm³/mol. The Morgan fingerprint density at radius 3 is 3.00 bits per heavy atom. The number of nitrogens with zero attached hydrogens (tertiary/aromatic N) is 2. The first kappa shape index (κ1) is 12.6. The van der Waals surface area contributed by atoms with Crippen LogP contribution in [0.15, 0.2) is 47.2 Å². The molecule has 0 aliphatic carbocycles. The number of fused-ring (bicyclic) bond motifs is 1. The Hall–Kier alpha value is -2.40. The van der Waals surface area contributed by atoms with Gasteiger partial charge in [0.15, 0.2) is 0 Å². The normalized spacial score (nSPS) is 10.8. The zero-order chi connectivity index (χ0) is 13.8. The van der Waals surface area contributed by atoms with Crippen LogP contribution in [-0.4, -0.2) is 16.5 Å². The molecule has 0 bridgehead atoms. The molecule has 0 unspecified atom stereocenters. The molecule has 3 N–H and O–H groups in total. The van der Waals surface area contributed by atoms with Crippen molar-refractivity contribution in [1.82, 2.24) is 9.97 Å². The summed E-state index contributed by atoms with van der Waals surface area (Å²) in [6.45, 7) is 1.13. The van der Waals surface area contributed by atoms with Crippen LogP contribution in [0.1, 0.15) is 11.4 Å². The summed E-state index contributed by atoms with van der Waals surface area (Å²) in [4.78, 5) is 8.37. The number of para-hydroxylation sites is 1. The quantitative estimate of drug-likeness (QED) is 0.742. The molecule has 2 aromatic heterocycles. The highest BCUT2D eigenvalue weighted by Gasteiger charge is 2.04. The lowest BCUT2D eigenvalue weighted by atomic mass is 10.1. The molecule has 1 aromatic carbocycles. The van der Waals surface area contributed by atoms with Crippen molar-refractivity contribution in [2.75, 3.05) is 11.9 Å². The Bertz CT molecular complexity index is 708. The van der Waals surface area contributed by atoms with Gasteiger partial charge in [-0.05, 0) is 24.1 Å². The summed E-state index contributed by atoms with van der Waals surface area (Å²) in [6, 6.07) is 9.89. The molecule has 3 aromatic rings. The zero-order valence-electron chi connectivity index (χ0n) is 11.0. The van der Waals surface area contributed by atoms with Crippen molar-refractivity contribution in [3.05, 3.63) is 54.2 Å². The molecule has 5 nitrogen and oxygen atoms in total. The second-order valence-electron chi connectivity index (χ2n) is 4.50. The van der Waals surface area contributed by atoms with Gasteiger partial charge in [0.2, 0.25) is 0 Å². The van der Waals surface area contributed by atoms with Crippen molar-refractivity contribution in [3.63, 3.8) is 0 Å². The fraction of sp³-hybridized carbons (Fsp3) is 0.200. The van der Waals surface area contributed by atoms with Crippen LogP contribution in [0.2, 0.25) is 0 Å². The maximum atomic E-state index is 5.52. The van der Waals surface area contributed by atoms with Crippen LogP contribution in [0, 0.1) is 0 Å². The number of hydrogen-bond acceptors (Lipinski definition) is 5. The van der Waals surface area contributed by atoms with Crippen molar-refractivity contribution < 1.29 is 4.42 Å². The molecule has 5 heteroatoms. The summed E-state index contributed by atoms with van der Waals surface area (Å²) in [5.41, 5.74) is 7.64. The first-order valence-corrected chi connectivity index (χ1v) is 6.58. The lowest BCUT2D eigenvalue weighted by molar-refractivity contribution is 0.610. The Balaban J connectivity index is 1.65. The minimum atomic E-state index is 0.349. The summed E-state index contributed by atoms with van der Waals surface area (Å²) >= 11 is 0. The van der Waals surface area contributed by atoms with Crippen LogP contribution >= 0.6 is 0 Å². The average molecular weight is 268 g/mol. The van der Waals surface area contributed by atoms with Gasteiger partial charge in [-0.3, -0.25) is 0 Å². The summed E-state index contributed by atoms with van der Waals surface area (Å²) in [6.07, 6.45) is 4.40. The molecule has 102 valence electrons. The number of furan rings is 1.